The molecule has 0 radical (unpaired) electrons. The lowest BCUT2D eigenvalue weighted by Crippen LogP contribution is -2.54. The van der Waals surface area contributed by atoms with Crippen LogP contribution in [0.5, 0.6) is 0 Å². The van der Waals surface area contributed by atoms with Crippen molar-refractivity contribution in [1.82, 2.24) is 5.32 Å². The molecule has 2 N–H and O–H groups in total. The molecule has 1 aliphatic heterocycles. The number of thioether (sulfide) groups is 1. The summed E-state index contributed by atoms with van der Waals surface area (Å²) in [5.74, 6) is 0.124. The molecule has 2 rings (SSSR count). The normalized spacial score (nSPS) is 17.4. The van der Waals surface area contributed by atoms with Crippen LogP contribution in [0.25, 0.3) is 0 Å². The Kier molecular flexibility index (Phi) is 6.02. The second-order valence-corrected chi connectivity index (χ2v) is 6.26. The molecule has 0 spiro atoms. The fourth-order valence-electron chi connectivity index (χ4n) is 2.26. The minimum Gasteiger partial charge on any atom is -0.394 e. The first-order chi connectivity index (χ1) is 10.2. The molecule has 1 aliphatic rings. The minimum absolute atomic E-state index is 0.0808. The second-order valence-electron chi connectivity index (χ2n) is 5.13. The van der Waals surface area contributed by atoms with Crippen LogP contribution in [0, 0.1) is 5.82 Å². The van der Waals surface area contributed by atoms with E-state index in [4.69, 9.17) is 4.74 Å². The maximum atomic E-state index is 13.4. The first kappa shape index (κ1) is 16.3. The lowest BCUT2D eigenvalue weighted by atomic mass is 9.91. The van der Waals surface area contributed by atoms with Crippen molar-refractivity contribution in [2.75, 3.05) is 25.6 Å². The van der Waals surface area contributed by atoms with Gasteiger partial charge in [-0.3, -0.25) is 4.79 Å². The molecule has 0 atom stereocenters. The van der Waals surface area contributed by atoms with Gasteiger partial charge < -0.3 is 15.2 Å². The van der Waals surface area contributed by atoms with Crippen LogP contribution in [-0.4, -0.2) is 42.1 Å². The van der Waals surface area contributed by atoms with Gasteiger partial charge in [-0.1, -0.05) is 12.1 Å². The summed E-state index contributed by atoms with van der Waals surface area (Å²) >= 11 is 1.32. The zero-order valence-corrected chi connectivity index (χ0v) is 12.6. The van der Waals surface area contributed by atoms with Crippen LogP contribution in [-0.2, 0) is 9.53 Å². The van der Waals surface area contributed by atoms with E-state index in [2.05, 4.69) is 5.32 Å². The molecule has 1 aromatic rings. The van der Waals surface area contributed by atoms with Crippen molar-refractivity contribution in [3.63, 3.8) is 0 Å². The van der Waals surface area contributed by atoms with Gasteiger partial charge in [0.25, 0.3) is 0 Å². The van der Waals surface area contributed by atoms with Gasteiger partial charge >= 0.3 is 0 Å². The quantitative estimate of drug-likeness (QED) is 0.788. The maximum absolute atomic E-state index is 13.4. The van der Waals surface area contributed by atoms with Crippen LogP contribution < -0.4 is 5.32 Å². The average Bonchev–Trinajstić information content (AvgIpc) is 2.50. The molecule has 1 fully saturated rings. The number of rotatable bonds is 6. The van der Waals surface area contributed by atoms with Crippen molar-refractivity contribution in [2.24, 2.45) is 0 Å². The molecule has 1 amide bonds. The highest BCUT2D eigenvalue weighted by molar-refractivity contribution is 7.99. The number of carbonyl (C=O) groups is 1. The first-order valence-corrected chi connectivity index (χ1v) is 8.01. The number of benzene rings is 1. The molecule has 6 heteroatoms. The zero-order chi connectivity index (χ0) is 15.1. The summed E-state index contributed by atoms with van der Waals surface area (Å²) in [6.45, 7) is 1.01. The van der Waals surface area contributed by atoms with Crippen molar-refractivity contribution in [2.45, 2.75) is 29.7 Å². The maximum Gasteiger partial charge on any atom is 0.221 e. The van der Waals surface area contributed by atoms with Gasteiger partial charge in [-0.2, -0.15) is 0 Å². The molecular formula is C15H20FNO3S. The first-order valence-electron chi connectivity index (χ1n) is 7.02. The fraction of sp³-hybridized carbons (Fsp3) is 0.533. The molecule has 116 valence electrons. The Morgan fingerprint density at radius 1 is 1.38 bits per heavy atom. The highest BCUT2D eigenvalue weighted by Gasteiger charge is 2.33. The van der Waals surface area contributed by atoms with E-state index in [1.165, 1.54) is 17.8 Å². The van der Waals surface area contributed by atoms with E-state index < -0.39 is 5.54 Å². The van der Waals surface area contributed by atoms with E-state index in [-0.39, 0.29) is 18.3 Å². The lowest BCUT2D eigenvalue weighted by Gasteiger charge is -2.36. The Bertz CT molecular complexity index is 478. The van der Waals surface area contributed by atoms with Gasteiger partial charge in [0, 0.05) is 30.3 Å². The molecule has 0 bridgehead atoms. The molecule has 4 nitrogen and oxygen atoms in total. The summed E-state index contributed by atoms with van der Waals surface area (Å²) in [5, 5.41) is 12.4. The zero-order valence-electron chi connectivity index (χ0n) is 11.8. The van der Waals surface area contributed by atoms with Gasteiger partial charge in [0.05, 0.1) is 12.1 Å². The van der Waals surface area contributed by atoms with Crippen molar-refractivity contribution >= 4 is 17.7 Å². The van der Waals surface area contributed by atoms with E-state index in [1.54, 1.807) is 18.2 Å². The van der Waals surface area contributed by atoms with Crippen LogP contribution in [0.4, 0.5) is 4.39 Å². The Morgan fingerprint density at radius 3 is 2.76 bits per heavy atom. The highest BCUT2D eigenvalue weighted by atomic mass is 32.2. The number of aliphatic hydroxyl groups excluding tert-OH is 1. The molecular weight excluding hydrogens is 293 g/mol. The average molecular weight is 313 g/mol. The molecule has 0 saturated carbocycles. The third-order valence-corrected chi connectivity index (χ3v) is 4.63. The summed E-state index contributed by atoms with van der Waals surface area (Å²) in [4.78, 5) is 12.5. The third-order valence-electron chi connectivity index (χ3n) is 3.58. The highest BCUT2D eigenvalue weighted by Crippen LogP contribution is 2.23. The van der Waals surface area contributed by atoms with Crippen LogP contribution in [0.2, 0.25) is 0 Å². The molecule has 0 aliphatic carbocycles. The van der Waals surface area contributed by atoms with E-state index in [1.807, 2.05) is 0 Å². The van der Waals surface area contributed by atoms with Gasteiger partial charge in [-0.25, -0.2) is 4.39 Å². The summed E-state index contributed by atoms with van der Waals surface area (Å²) in [5.41, 5.74) is -0.558. The molecule has 1 heterocycles. The standard InChI is InChI=1S/C15H20FNO3S/c16-12-3-1-2-4-13(12)21-10-5-14(19)17-15(11-18)6-8-20-9-7-15/h1-4,18H,5-11H2,(H,17,19). The summed E-state index contributed by atoms with van der Waals surface area (Å²) in [6.07, 6.45) is 1.53. The van der Waals surface area contributed by atoms with Crippen LogP contribution in [0.15, 0.2) is 29.2 Å². The Hall–Kier alpha value is -1.11. The second kappa shape index (κ2) is 7.77. The summed E-state index contributed by atoms with van der Waals surface area (Å²) < 4.78 is 18.7. The van der Waals surface area contributed by atoms with E-state index in [0.29, 0.717) is 43.1 Å². The SMILES string of the molecule is O=C(CCSc1ccccc1F)NC1(CO)CCOCC1. The Morgan fingerprint density at radius 2 is 2.10 bits per heavy atom. The monoisotopic (exact) mass is 313 g/mol. The van der Waals surface area contributed by atoms with Gasteiger partial charge in [0.2, 0.25) is 5.91 Å². The van der Waals surface area contributed by atoms with Gasteiger partial charge in [0.15, 0.2) is 0 Å². The van der Waals surface area contributed by atoms with Crippen LogP contribution in [0.3, 0.4) is 0 Å². The Balaban J connectivity index is 1.78. The number of halogens is 1. The number of amides is 1. The van der Waals surface area contributed by atoms with Crippen LogP contribution in [0.1, 0.15) is 19.3 Å². The van der Waals surface area contributed by atoms with Gasteiger partial charge in [0.1, 0.15) is 5.82 Å². The predicted molar refractivity (Wildman–Crippen MR) is 79.8 cm³/mol. The van der Waals surface area contributed by atoms with Crippen molar-refractivity contribution < 1.29 is 19.0 Å². The number of hydrogen-bond donors (Lipinski definition) is 2. The van der Waals surface area contributed by atoms with Crippen LogP contribution >= 0.6 is 11.8 Å². The largest absolute Gasteiger partial charge is 0.394 e. The van der Waals surface area contributed by atoms with E-state index >= 15 is 0 Å². The summed E-state index contributed by atoms with van der Waals surface area (Å²) in [6, 6.07) is 6.52. The molecule has 21 heavy (non-hydrogen) atoms. The van der Waals surface area contributed by atoms with Crippen molar-refractivity contribution in [1.29, 1.82) is 0 Å². The number of aliphatic hydroxyl groups is 1. The van der Waals surface area contributed by atoms with Crippen molar-refractivity contribution in [3.8, 4) is 0 Å². The molecule has 0 aromatic heterocycles. The Labute approximate surface area is 128 Å². The van der Waals surface area contributed by atoms with Gasteiger partial charge in [-0.15, -0.1) is 11.8 Å². The van der Waals surface area contributed by atoms with Gasteiger partial charge in [-0.05, 0) is 25.0 Å². The number of ether oxygens (including phenoxy) is 1. The predicted octanol–water partition coefficient (Wildman–Crippen LogP) is 1.97. The molecule has 1 saturated heterocycles. The fourth-order valence-corrected chi connectivity index (χ4v) is 3.15. The summed E-state index contributed by atoms with van der Waals surface area (Å²) in [7, 11) is 0. The molecule has 1 aromatic carbocycles. The third kappa shape index (κ3) is 4.69. The molecule has 0 unspecified atom stereocenters. The van der Waals surface area contributed by atoms with E-state index in [0.717, 1.165) is 0 Å². The van der Waals surface area contributed by atoms with E-state index in [9.17, 15) is 14.3 Å². The minimum atomic E-state index is -0.558. The lowest BCUT2D eigenvalue weighted by molar-refractivity contribution is -0.124. The number of carbonyl (C=O) groups excluding carboxylic acids is 1. The van der Waals surface area contributed by atoms with Crippen molar-refractivity contribution in [3.05, 3.63) is 30.1 Å². The topological polar surface area (TPSA) is 58.6 Å². The number of hydrogen-bond acceptors (Lipinski definition) is 4. The number of nitrogens with one attached hydrogen (secondary N) is 1. The smallest absolute Gasteiger partial charge is 0.221 e.